The third-order valence-electron chi connectivity index (χ3n) is 6.35. The van der Waals surface area contributed by atoms with Crippen molar-refractivity contribution < 1.29 is 22.1 Å². The van der Waals surface area contributed by atoms with Crippen molar-refractivity contribution in [2.24, 2.45) is 6.98 Å². The molecule has 1 saturated carbocycles. The molecule has 12 heteroatoms. The number of carbonyl (C=O) groups excluding carboxylic acids is 1. The van der Waals surface area contributed by atoms with Gasteiger partial charge in [0.2, 0.25) is 0 Å². The van der Waals surface area contributed by atoms with E-state index in [2.05, 4.69) is 26.2 Å². The van der Waals surface area contributed by atoms with Crippen LogP contribution in [0.4, 0.5) is 4.79 Å². The van der Waals surface area contributed by atoms with E-state index in [4.69, 9.17) is 8.85 Å². The van der Waals surface area contributed by atoms with Crippen LogP contribution in [0.25, 0.3) is 22.1 Å². The van der Waals surface area contributed by atoms with Crippen LogP contribution in [0.1, 0.15) is 50.2 Å². The highest BCUT2D eigenvalue weighted by molar-refractivity contribution is 9.10. The molecule has 0 spiro atoms. The Balaban J connectivity index is 1.67. The highest BCUT2D eigenvalue weighted by Crippen LogP contribution is 2.36. The van der Waals surface area contributed by atoms with E-state index in [0.717, 1.165) is 3.97 Å². The van der Waals surface area contributed by atoms with Gasteiger partial charge in [0.05, 0.1) is 22.1 Å². The first-order valence-corrected chi connectivity index (χ1v) is 14.0. The number of hydrogen-bond acceptors (Lipinski definition) is 6. The van der Waals surface area contributed by atoms with Crippen LogP contribution < -0.4 is 11.0 Å². The first-order chi connectivity index (χ1) is 18.6. The summed E-state index contributed by atoms with van der Waals surface area (Å²) in [6, 6.07) is 8.60. The zero-order valence-corrected chi connectivity index (χ0v) is 22.8. The molecule has 0 saturated heterocycles. The number of aromatic nitrogens is 4. The van der Waals surface area contributed by atoms with Gasteiger partial charge in [0, 0.05) is 28.6 Å². The predicted octanol–water partition coefficient (Wildman–Crippen LogP) is 4.31. The summed E-state index contributed by atoms with van der Waals surface area (Å²) in [6.45, 7) is 2.47. The van der Waals surface area contributed by atoms with Crippen molar-refractivity contribution in [3.05, 3.63) is 57.7 Å². The maximum Gasteiger partial charge on any atom is 0.407 e. The molecule has 1 aliphatic rings. The number of benzene rings is 1. The second-order valence-corrected chi connectivity index (χ2v) is 12.7. The van der Waals surface area contributed by atoms with E-state index in [9.17, 15) is 18.0 Å². The van der Waals surface area contributed by atoms with Crippen LogP contribution >= 0.6 is 15.9 Å². The lowest BCUT2D eigenvalue weighted by Gasteiger charge is -2.22. The van der Waals surface area contributed by atoms with Crippen molar-refractivity contribution >= 4 is 54.1 Å². The van der Waals surface area contributed by atoms with Crippen molar-refractivity contribution in [1.29, 1.82) is 0 Å². The standard InChI is InChI=1S/C25H28BrN5O5S/c1-25(2,3)36-23(32)28-15-10-11-16(12-15)30-21-18-13-20(26)31(37(34,35)17-8-6-5-7-9-17)22(18)27-14-19(21)29(4)24(30)33/h5-9,13-16H,10-12H2,1-4H3,(H,28,32)/t15-,16-/m1/s1/i4D3. The monoisotopic (exact) mass is 592 g/mol. The number of carbonyl (C=O) groups is 1. The number of nitrogens with zero attached hydrogens (tertiary/aromatic N) is 4. The Morgan fingerprint density at radius 3 is 2.65 bits per heavy atom. The lowest BCUT2D eigenvalue weighted by molar-refractivity contribution is 0.0504. The van der Waals surface area contributed by atoms with Crippen LogP contribution in [0.2, 0.25) is 0 Å². The minimum atomic E-state index is -4.08. The van der Waals surface area contributed by atoms with Crippen molar-refractivity contribution in [3.63, 3.8) is 0 Å². The van der Waals surface area contributed by atoms with Gasteiger partial charge in [-0.3, -0.25) is 9.13 Å². The molecule has 196 valence electrons. The fourth-order valence-electron chi connectivity index (χ4n) is 4.86. The van der Waals surface area contributed by atoms with Crippen molar-refractivity contribution in [2.75, 3.05) is 0 Å². The molecular weight excluding hydrogens is 562 g/mol. The smallest absolute Gasteiger partial charge is 0.407 e. The molecular formula is C25H28BrN5O5S. The predicted molar refractivity (Wildman–Crippen MR) is 143 cm³/mol. The number of pyridine rings is 1. The maximum absolute atomic E-state index is 13.7. The number of alkyl carbamates (subject to hydrolysis) is 1. The van der Waals surface area contributed by atoms with Crippen LogP contribution in [0.3, 0.4) is 0 Å². The van der Waals surface area contributed by atoms with Gasteiger partial charge >= 0.3 is 11.8 Å². The van der Waals surface area contributed by atoms with Gasteiger partial charge in [0.15, 0.2) is 5.65 Å². The third-order valence-corrected chi connectivity index (χ3v) is 8.89. The van der Waals surface area contributed by atoms with Crippen LogP contribution in [0, 0.1) is 0 Å². The molecule has 3 heterocycles. The molecule has 0 aliphatic heterocycles. The van der Waals surface area contributed by atoms with Crippen molar-refractivity contribution in [3.8, 4) is 0 Å². The van der Waals surface area contributed by atoms with E-state index >= 15 is 0 Å². The number of hydrogen-bond donors (Lipinski definition) is 1. The van der Waals surface area contributed by atoms with Crippen LogP contribution in [-0.2, 0) is 21.7 Å². The summed E-state index contributed by atoms with van der Waals surface area (Å²) in [5, 5.41) is 3.13. The summed E-state index contributed by atoms with van der Waals surface area (Å²) in [7, 11) is -4.08. The fourth-order valence-corrected chi connectivity index (χ4v) is 7.19. The highest BCUT2D eigenvalue weighted by Gasteiger charge is 2.33. The molecule has 0 radical (unpaired) electrons. The molecule has 3 aromatic heterocycles. The SMILES string of the molecule is [2H]C([2H])([2H])n1c(=O)n([C@@H]2CC[C@@H](NC(=O)OC(C)(C)C)C2)c2c3cc(Br)n(S(=O)(=O)c4ccccc4)c3ncc21. The van der Waals surface area contributed by atoms with Gasteiger partial charge in [-0.1, -0.05) is 18.2 Å². The Kier molecular flexibility index (Phi) is 5.34. The molecule has 1 amide bonds. The Bertz CT molecular complexity index is 1790. The van der Waals surface area contributed by atoms with Gasteiger partial charge in [-0.05, 0) is 74.2 Å². The summed E-state index contributed by atoms with van der Waals surface area (Å²) in [6.07, 6.45) is 2.02. The Hall–Kier alpha value is -3.12. The number of fused-ring (bicyclic) bond motifs is 3. The average molecular weight is 594 g/mol. The third kappa shape index (κ3) is 4.46. The maximum atomic E-state index is 13.7. The number of imidazole rings is 1. The second kappa shape index (κ2) is 9.02. The summed E-state index contributed by atoms with van der Waals surface area (Å²) in [5.41, 5.74) is -1.08. The topological polar surface area (TPSA) is 117 Å². The number of amides is 1. The quantitative estimate of drug-likeness (QED) is 0.377. The summed E-state index contributed by atoms with van der Waals surface area (Å²) in [4.78, 5) is 30.4. The first-order valence-electron chi connectivity index (χ1n) is 13.2. The van der Waals surface area contributed by atoms with Gasteiger partial charge in [-0.2, -0.15) is 0 Å². The molecule has 37 heavy (non-hydrogen) atoms. The Labute approximate surface area is 226 Å². The van der Waals surface area contributed by atoms with Crippen LogP contribution in [-0.4, -0.2) is 44.2 Å². The molecule has 0 unspecified atom stereocenters. The van der Waals surface area contributed by atoms with Crippen LogP contribution in [0.15, 0.2) is 56.9 Å². The van der Waals surface area contributed by atoms with E-state index in [1.165, 1.54) is 29.0 Å². The van der Waals surface area contributed by atoms with Gasteiger partial charge in [0.1, 0.15) is 10.2 Å². The summed E-state index contributed by atoms with van der Waals surface area (Å²) < 4.78 is 59.9. The molecule has 1 N–H and O–H groups in total. The zero-order valence-electron chi connectivity index (χ0n) is 23.4. The van der Waals surface area contributed by atoms with E-state index in [1.807, 2.05) is 0 Å². The Morgan fingerprint density at radius 1 is 1.24 bits per heavy atom. The highest BCUT2D eigenvalue weighted by atomic mass is 79.9. The lowest BCUT2D eigenvalue weighted by Crippen LogP contribution is -2.38. The number of halogens is 1. The van der Waals surface area contributed by atoms with Crippen LogP contribution in [0.5, 0.6) is 0 Å². The van der Waals surface area contributed by atoms with Gasteiger partial charge < -0.3 is 10.1 Å². The molecule has 0 bridgehead atoms. The molecule has 1 fully saturated rings. The van der Waals surface area contributed by atoms with Gasteiger partial charge in [-0.25, -0.2) is 27.0 Å². The largest absolute Gasteiger partial charge is 0.444 e. The summed E-state index contributed by atoms with van der Waals surface area (Å²) in [5.74, 6) is 0. The van der Waals surface area contributed by atoms with Gasteiger partial charge in [-0.15, -0.1) is 0 Å². The van der Waals surface area contributed by atoms with E-state index in [0.29, 0.717) is 29.2 Å². The molecule has 10 nitrogen and oxygen atoms in total. The second-order valence-electron chi connectivity index (χ2n) is 10.1. The molecule has 2 atom stereocenters. The minimum absolute atomic E-state index is 0.0411. The number of ether oxygens (including phenoxy) is 1. The van der Waals surface area contributed by atoms with Gasteiger partial charge in [0.25, 0.3) is 10.0 Å². The lowest BCUT2D eigenvalue weighted by atomic mass is 10.2. The number of nitrogens with one attached hydrogen (secondary N) is 1. The summed E-state index contributed by atoms with van der Waals surface area (Å²) >= 11 is 3.34. The van der Waals surface area contributed by atoms with Crippen molar-refractivity contribution in [2.45, 2.75) is 62.6 Å². The van der Waals surface area contributed by atoms with Crippen molar-refractivity contribution in [1.82, 2.24) is 23.4 Å². The molecule has 1 aliphatic carbocycles. The van der Waals surface area contributed by atoms with E-state index in [-0.39, 0.29) is 32.2 Å². The number of rotatable bonds is 4. The average Bonchev–Trinajstić information content (AvgIpc) is 3.50. The Morgan fingerprint density at radius 2 is 1.97 bits per heavy atom. The molecule has 5 rings (SSSR count). The zero-order chi connectivity index (χ0) is 29.2. The molecule has 1 aromatic carbocycles. The fraction of sp³-hybridized carbons (Fsp3) is 0.400. The van der Waals surface area contributed by atoms with E-state index < -0.39 is 40.4 Å². The van der Waals surface area contributed by atoms with E-state index in [1.54, 1.807) is 39.0 Å². The first kappa shape index (κ1) is 21.9. The minimum Gasteiger partial charge on any atom is -0.444 e. The normalized spacial score (nSPS) is 20.1. The number of aryl methyl sites for hydroxylation is 1. The molecule has 4 aromatic rings.